The van der Waals surface area contributed by atoms with Crippen LogP contribution in [0.15, 0.2) is 73.2 Å². The number of aliphatic hydroxyl groups excluding tert-OH is 1. The molecule has 2 heterocycles. The zero-order valence-corrected chi connectivity index (χ0v) is 18.6. The molecule has 0 bridgehead atoms. The average Bonchev–Trinajstić information content (AvgIpc) is 3.27. The van der Waals surface area contributed by atoms with Crippen molar-refractivity contribution in [2.45, 2.75) is 6.04 Å². The van der Waals surface area contributed by atoms with Gasteiger partial charge in [-0.25, -0.2) is 14.5 Å². The van der Waals surface area contributed by atoms with E-state index >= 15 is 0 Å². The van der Waals surface area contributed by atoms with Gasteiger partial charge in [-0.05, 0) is 29.8 Å². The lowest BCUT2D eigenvalue weighted by Gasteiger charge is -2.17. The summed E-state index contributed by atoms with van der Waals surface area (Å²) in [5.74, 6) is 0.829. The minimum absolute atomic E-state index is 0.283. The van der Waals surface area contributed by atoms with Crippen LogP contribution in [0.25, 0.3) is 5.82 Å². The van der Waals surface area contributed by atoms with Crippen LogP contribution in [0.1, 0.15) is 11.6 Å². The summed E-state index contributed by atoms with van der Waals surface area (Å²) in [4.78, 5) is 21.0. The molecule has 2 aromatic carbocycles. The van der Waals surface area contributed by atoms with Gasteiger partial charge in [-0.15, -0.1) is 0 Å². The Morgan fingerprint density at radius 1 is 1.12 bits per heavy atom. The maximum Gasteiger partial charge on any atom is 0.319 e. The normalized spacial score (nSPS) is 11.6. The number of benzene rings is 2. The molecule has 4 aromatic rings. The first-order valence-electron chi connectivity index (χ1n) is 9.85. The first-order chi connectivity index (χ1) is 16.0. The topological polar surface area (TPSA) is 117 Å². The zero-order valence-electron chi connectivity index (χ0n) is 17.1. The number of urea groups is 1. The molecule has 4 rings (SSSR count). The molecular weight excluding hydrogens is 465 g/mol. The maximum atomic E-state index is 12.4. The van der Waals surface area contributed by atoms with Gasteiger partial charge in [-0.3, -0.25) is 0 Å². The minimum Gasteiger partial charge on any atom is -0.394 e. The number of rotatable bonds is 7. The van der Waals surface area contributed by atoms with E-state index in [-0.39, 0.29) is 6.61 Å². The van der Waals surface area contributed by atoms with Crippen LogP contribution in [-0.4, -0.2) is 37.5 Å². The van der Waals surface area contributed by atoms with Gasteiger partial charge in [0, 0.05) is 17.3 Å². The molecule has 0 aliphatic rings. The number of nitrogens with zero attached hydrogens (tertiary/aromatic N) is 4. The highest BCUT2D eigenvalue weighted by Gasteiger charge is 2.15. The molecule has 2 aromatic heterocycles. The number of amides is 2. The third-order valence-corrected chi connectivity index (χ3v) is 5.14. The summed E-state index contributed by atoms with van der Waals surface area (Å²) in [6.07, 6.45) is 4.67. The monoisotopic (exact) mass is 483 g/mol. The Kier molecular flexibility index (Phi) is 7.04. The number of aromatic nitrogens is 4. The average molecular weight is 484 g/mol. The molecule has 168 valence electrons. The fourth-order valence-corrected chi connectivity index (χ4v) is 3.40. The van der Waals surface area contributed by atoms with Crippen molar-refractivity contribution in [2.24, 2.45) is 0 Å². The zero-order chi connectivity index (χ0) is 23.2. The van der Waals surface area contributed by atoms with Crippen molar-refractivity contribution in [3.05, 3.63) is 88.8 Å². The van der Waals surface area contributed by atoms with Crippen LogP contribution < -0.4 is 16.0 Å². The van der Waals surface area contributed by atoms with Crippen LogP contribution in [0.4, 0.5) is 22.1 Å². The van der Waals surface area contributed by atoms with E-state index in [1.807, 2.05) is 18.2 Å². The lowest BCUT2D eigenvalue weighted by atomic mass is 10.1. The van der Waals surface area contributed by atoms with Crippen LogP contribution in [0.5, 0.6) is 0 Å². The van der Waals surface area contributed by atoms with Crippen molar-refractivity contribution in [1.82, 2.24) is 25.1 Å². The Bertz CT molecular complexity index is 1260. The minimum atomic E-state index is -0.612. The molecule has 4 N–H and O–H groups in total. The number of halogens is 2. The number of carbonyl (C=O) groups is 1. The second kappa shape index (κ2) is 10.3. The molecule has 0 fully saturated rings. The first kappa shape index (κ1) is 22.5. The second-order valence-corrected chi connectivity index (χ2v) is 7.75. The van der Waals surface area contributed by atoms with Crippen molar-refractivity contribution in [3.63, 3.8) is 0 Å². The van der Waals surface area contributed by atoms with E-state index in [0.717, 1.165) is 0 Å². The summed E-state index contributed by atoms with van der Waals surface area (Å²) in [6.45, 7) is -0.283. The summed E-state index contributed by atoms with van der Waals surface area (Å²) in [5, 5.41) is 23.4. The fraction of sp³-hybridized carbons (Fsp3) is 0.0909. The van der Waals surface area contributed by atoms with E-state index in [1.54, 1.807) is 48.8 Å². The molecule has 0 spiro atoms. The largest absolute Gasteiger partial charge is 0.394 e. The molecule has 0 unspecified atom stereocenters. The van der Waals surface area contributed by atoms with Gasteiger partial charge in [0.05, 0.1) is 41.4 Å². The summed E-state index contributed by atoms with van der Waals surface area (Å²) >= 11 is 12.2. The van der Waals surface area contributed by atoms with Gasteiger partial charge in [-0.2, -0.15) is 10.1 Å². The quantitative estimate of drug-likeness (QED) is 0.306. The fourth-order valence-electron chi connectivity index (χ4n) is 3.02. The van der Waals surface area contributed by atoms with Crippen LogP contribution in [0.3, 0.4) is 0 Å². The van der Waals surface area contributed by atoms with Gasteiger partial charge in [0.25, 0.3) is 0 Å². The van der Waals surface area contributed by atoms with Gasteiger partial charge in [-0.1, -0.05) is 47.5 Å². The van der Waals surface area contributed by atoms with Crippen molar-refractivity contribution >= 4 is 46.6 Å². The van der Waals surface area contributed by atoms with E-state index in [4.69, 9.17) is 23.2 Å². The van der Waals surface area contributed by atoms with Crippen LogP contribution >= 0.6 is 23.2 Å². The Morgan fingerprint density at radius 2 is 1.97 bits per heavy atom. The molecule has 9 nitrogen and oxygen atoms in total. The highest BCUT2D eigenvalue weighted by atomic mass is 35.5. The Morgan fingerprint density at radius 3 is 2.76 bits per heavy atom. The summed E-state index contributed by atoms with van der Waals surface area (Å²) in [7, 11) is 0. The van der Waals surface area contributed by atoms with Crippen molar-refractivity contribution in [1.29, 1.82) is 0 Å². The predicted molar refractivity (Wildman–Crippen MR) is 127 cm³/mol. The third kappa shape index (κ3) is 5.78. The van der Waals surface area contributed by atoms with E-state index in [2.05, 4.69) is 31.0 Å². The standard InChI is InChI=1S/C22H19Cl2N7O2/c23-15-5-3-4-14(10-15)19(13-32)29-22(33)27-16-11-26-31(12-16)20-8-9-25-21(30-20)28-18-7-2-1-6-17(18)24/h1-12,19,32H,13H2,(H,25,28,30)(H2,27,29,33)/t19-/m1/s1. The van der Waals surface area contributed by atoms with Gasteiger partial charge in [0.1, 0.15) is 0 Å². The number of anilines is 3. The molecule has 0 saturated heterocycles. The predicted octanol–water partition coefficient (Wildman–Crippen LogP) is 4.57. The number of carbonyl (C=O) groups excluding carboxylic acids is 1. The second-order valence-electron chi connectivity index (χ2n) is 6.91. The highest BCUT2D eigenvalue weighted by Crippen LogP contribution is 2.23. The molecular formula is C22H19Cl2N7O2. The van der Waals surface area contributed by atoms with Gasteiger partial charge in [0.2, 0.25) is 5.95 Å². The van der Waals surface area contributed by atoms with Gasteiger partial charge >= 0.3 is 6.03 Å². The van der Waals surface area contributed by atoms with Crippen molar-refractivity contribution in [3.8, 4) is 5.82 Å². The SMILES string of the molecule is O=C(Nc1cnn(-c2ccnc(Nc3ccccc3Cl)n2)c1)N[C@H](CO)c1cccc(Cl)c1. The van der Waals surface area contributed by atoms with Crippen molar-refractivity contribution in [2.75, 3.05) is 17.2 Å². The molecule has 0 radical (unpaired) electrons. The summed E-state index contributed by atoms with van der Waals surface area (Å²) < 4.78 is 1.50. The van der Waals surface area contributed by atoms with Gasteiger partial charge in [0.15, 0.2) is 5.82 Å². The number of para-hydroxylation sites is 1. The molecule has 1 atom stereocenters. The number of hydrogen-bond acceptors (Lipinski definition) is 6. The highest BCUT2D eigenvalue weighted by molar-refractivity contribution is 6.33. The molecule has 11 heteroatoms. The smallest absolute Gasteiger partial charge is 0.319 e. The van der Waals surface area contributed by atoms with E-state index < -0.39 is 12.1 Å². The molecule has 2 amide bonds. The first-order valence-corrected chi connectivity index (χ1v) is 10.6. The molecule has 0 aliphatic heterocycles. The molecule has 33 heavy (non-hydrogen) atoms. The lowest BCUT2D eigenvalue weighted by Crippen LogP contribution is -2.34. The van der Waals surface area contributed by atoms with E-state index in [9.17, 15) is 9.90 Å². The Hall–Kier alpha value is -3.66. The Balaban J connectivity index is 1.42. The van der Waals surface area contributed by atoms with Crippen molar-refractivity contribution < 1.29 is 9.90 Å². The van der Waals surface area contributed by atoms with Gasteiger partial charge < -0.3 is 21.1 Å². The van der Waals surface area contributed by atoms with Crippen LogP contribution in [0.2, 0.25) is 10.0 Å². The number of aliphatic hydroxyl groups is 1. The lowest BCUT2D eigenvalue weighted by molar-refractivity contribution is 0.225. The van der Waals surface area contributed by atoms with E-state index in [0.29, 0.717) is 38.7 Å². The van der Waals surface area contributed by atoms with Crippen LogP contribution in [0, 0.1) is 0 Å². The van der Waals surface area contributed by atoms with Crippen LogP contribution in [-0.2, 0) is 0 Å². The van der Waals surface area contributed by atoms with E-state index in [1.165, 1.54) is 10.9 Å². The Labute approximate surface area is 199 Å². The number of hydrogen-bond donors (Lipinski definition) is 4. The maximum absolute atomic E-state index is 12.4. The molecule has 0 aliphatic carbocycles. The summed E-state index contributed by atoms with van der Waals surface area (Å²) in [5.41, 5.74) is 1.80. The third-order valence-electron chi connectivity index (χ3n) is 4.58. The summed E-state index contributed by atoms with van der Waals surface area (Å²) in [6, 6.07) is 14.7. The number of nitrogens with one attached hydrogen (secondary N) is 3. The molecule has 0 saturated carbocycles.